The van der Waals surface area contributed by atoms with Crippen LogP contribution < -0.4 is 0 Å². The minimum Gasteiger partial charge on any atom is -0.507 e. The second kappa shape index (κ2) is 4.97. The molecule has 114 valence electrons. The third-order valence-electron chi connectivity index (χ3n) is 5.04. The van der Waals surface area contributed by atoms with Crippen LogP contribution in [0.1, 0.15) is 11.1 Å². The van der Waals surface area contributed by atoms with E-state index in [-0.39, 0.29) is 0 Å². The maximum absolute atomic E-state index is 10.9. The van der Waals surface area contributed by atoms with Crippen molar-refractivity contribution in [2.75, 3.05) is 0 Å². The number of benzene rings is 4. The molecule has 0 heterocycles. The van der Waals surface area contributed by atoms with Gasteiger partial charge in [-0.05, 0) is 39.6 Å². The Morgan fingerprint density at radius 1 is 0.583 bits per heavy atom. The Kier molecular flexibility index (Phi) is 2.77. The normalized spacial score (nSPS) is 12.2. The van der Waals surface area contributed by atoms with Crippen molar-refractivity contribution in [2.45, 2.75) is 6.42 Å². The van der Waals surface area contributed by atoms with Crippen molar-refractivity contribution < 1.29 is 5.11 Å². The molecule has 0 aliphatic heterocycles. The summed E-state index contributed by atoms with van der Waals surface area (Å²) in [5.41, 5.74) is 7.32. The standard InChI is InChI=1S/C23H16O/c24-23-18-9-4-1-6-15(18)12-13-21(23)20-11-5-10-19-17-8-3-2-7-16(17)14-22(19)20/h1-13,24H,14H2. The molecular weight excluding hydrogens is 292 g/mol. The number of aromatic hydroxyl groups is 1. The van der Waals surface area contributed by atoms with Gasteiger partial charge in [-0.3, -0.25) is 0 Å². The van der Waals surface area contributed by atoms with Gasteiger partial charge in [0.1, 0.15) is 5.75 Å². The van der Waals surface area contributed by atoms with Crippen LogP contribution in [0.3, 0.4) is 0 Å². The molecule has 4 aromatic carbocycles. The first-order valence-corrected chi connectivity index (χ1v) is 8.24. The lowest BCUT2D eigenvalue weighted by molar-refractivity contribution is 0.483. The summed E-state index contributed by atoms with van der Waals surface area (Å²) in [5.74, 6) is 0.373. The third kappa shape index (κ3) is 1.82. The van der Waals surface area contributed by atoms with Crippen LogP contribution in [0.4, 0.5) is 0 Å². The summed E-state index contributed by atoms with van der Waals surface area (Å²) in [6.07, 6.45) is 0.925. The lowest BCUT2D eigenvalue weighted by Gasteiger charge is -2.12. The first-order valence-electron chi connectivity index (χ1n) is 8.24. The third-order valence-corrected chi connectivity index (χ3v) is 5.04. The lowest BCUT2D eigenvalue weighted by Crippen LogP contribution is -1.89. The molecule has 0 saturated carbocycles. The number of hydrogen-bond acceptors (Lipinski definition) is 1. The number of phenolic OH excluding ortho intramolecular Hbond substituents is 1. The molecule has 0 amide bonds. The van der Waals surface area contributed by atoms with Crippen molar-refractivity contribution in [3.05, 3.63) is 90.0 Å². The quantitative estimate of drug-likeness (QED) is 0.416. The molecule has 0 saturated heterocycles. The van der Waals surface area contributed by atoms with Gasteiger partial charge in [-0.2, -0.15) is 0 Å². The van der Waals surface area contributed by atoms with Crippen molar-refractivity contribution >= 4 is 10.8 Å². The average Bonchev–Trinajstić information content (AvgIpc) is 3.01. The molecule has 0 fully saturated rings. The van der Waals surface area contributed by atoms with E-state index >= 15 is 0 Å². The van der Waals surface area contributed by atoms with E-state index in [2.05, 4.69) is 48.5 Å². The number of phenols is 1. The van der Waals surface area contributed by atoms with E-state index in [1.807, 2.05) is 30.3 Å². The molecule has 1 heteroatoms. The van der Waals surface area contributed by atoms with Crippen LogP contribution in [0.25, 0.3) is 33.0 Å². The van der Waals surface area contributed by atoms with Crippen LogP contribution in [0, 0.1) is 0 Å². The highest BCUT2D eigenvalue weighted by Gasteiger charge is 2.22. The second-order valence-corrected chi connectivity index (χ2v) is 6.35. The molecule has 4 aromatic rings. The van der Waals surface area contributed by atoms with Crippen molar-refractivity contribution in [2.24, 2.45) is 0 Å². The fourth-order valence-electron chi connectivity index (χ4n) is 3.88. The average molecular weight is 308 g/mol. The van der Waals surface area contributed by atoms with Crippen LogP contribution in [0.2, 0.25) is 0 Å². The fourth-order valence-corrected chi connectivity index (χ4v) is 3.88. The van der Waals surface area contributed by atoms with Gasteiger partial charge in [-0.1, -0.05) is 78.9 Å². The van der Waals surface area contributed by atoms with Gasteiger partial charge in [0.05, 0.1) is 0 Å². The predicted molar refractivity (Wildman–Crippen MR) is 99.3 cm³/mol. The molecule has 0 spiro atoms. The maximum atomic E-state index is 10.9. The van der Waals surface area contributed by atoms with Gasteiger partial charge >= 0.3 is 0 Å². The van der Waals surface area contributed by atoms with Gasteiger partial charge in [-0.25, -0.2) is 0 Å². The second-order valence-electron chi connectivity index (χ2n) is 6.35. The Morgan fingerprint density at radius 2 is 1.29 bits per heavy atom. The molecule has 1 nitrogen and oxygen atoms in total. The number of rotatable bonds is 1. The van der Waals surface area contributed by atoms with Crippen LogP contribution in [0.5, 0.6) is 5.75 Å². The first-order chi connectivity index (χ1) is 11.8. The number of hydrogen-bond donors (Lipinski definition) is 1. The van der Waals surface area contributed by atoms with Crippen LogP contribution in [0.15, 0.2) is 78.9 Å². The molecule has 0 unspecified atom stereocenters. The molecule has 1 aliphatic rings. The van der Waals surface area contributed by atoms with Gasteiger partial charge < -0.3 is 5.11 Å². The molecule has 0 radical (unpaired) electrons. The molecule has 1 N–H and O–H groups in total. The topological polar surface area (TPSA) is 20.2 Å². The van der Waals surface area contributed by atoms with Crippen LogP contribution in [-0.4, -0.2) is 5.11 Å². The highest BCUT2D eigenvalue weighted by atomic mass is 16.3. The Hall–Kier alpha value is -3.06. The smallest absolute Gasteiger partial charge is 0.131 e. The summed E-state index contributed by atoms with van der Waals surface area (Å²) in [5, 5.41) is 12.8. The molecular formula is C23H16O. The van der Waals surface area contributed by atoms with Crippen molar-refractivity contribution in [1.29, 1.82) is 0 Å². The summed E-state index contributed by atoms with van der Waals surface area (Å²) >= 11 is 0. The van der Waals surface area contributed by atoms with E-state index in [0.717, 1.165) is 28.3 Å². The summed E-state index contributed by atoms with van der Waals surface area (Å²) in [4.78, 5) is 0. The highest BCUT2D eigenvalue weighted by molar-refractivity contribution is 5.96. The monoisotopic (exact) mass is 308 g/mol. The minimum atomic E-state index is 0.373. The predicted octanol–water partition coefficient (Wildman–Crippen LogP) is 5.78. The maximum Gasteiger partial charge on any atom is 0.131 e. The Bertz CT molecular complexity index is 1090. The van der Waals surface area contributed by atoms with E-state index in [9.17, 15) is 5.11 Å². The first kappa shape index (κ1) is 13.4. The fraction of sp³-hybridized carbons (Fsp3) is 0.0435. The van der Waals surface area contributed by atoms with E-state index in [4.69, 9.17) is 0 Å². The molecule has 24 heavy (non-hydrogen) atoms. The van der Waals surface area contributed by atoms with Crippen molar-refractivity contribution in [3.8, 4) is 28.0 Å². The molecule has 0 aromatic heterocycles. The van der Waals surface area contributed by atoms with E-state index in [1.54, 1.807) is 0 Å². The number of fused-ring (bicyclic) bond motifs is 4. The summed E-state index contributed by atoms with van der Waals surface area (Å²) in [7, 11) is 0. The zero-order chi connectivity index (χ0) is 16.1. The van der Waals surface area contributed by atoms with Gasteiger partial charge in [0.2, 0.25) is 0 Å². The Balaban J connectivity index is 1.77. The van der Waals surface area contributed by atoms with E-state index in [0.29, 0.717) is 5.75 Å². The van der Waals surface area contributed by atoms with Crippen molar-refractivity contribution in [3.63, 3.8) is 0 Å². The van der Waals surface area contributed by atoms with Crippen molar-refractivity contribution in [1.82, 2.24) is 0 Å². The summed E-state index contributed by atoms with van der Waals surface area (Å²) in [6.45, 7) is 0. The zero-order valence-corrected chi connectivity index (χ0v) is 13.2. The Morgan fingerprint density at radius 3 is 2.21 bits per heavy atom. The van der Waals surface area contributed by atoms with E-state index in [1.165, 1.54) is 22.3 Å². The van der Waals surface area contributed by atoms with Gasteiger partial charge in [0.15, 0.2) is 0 Å². The van der Waals surface area contributed by atoms with Gasteiger partial charge in [0.25, 0.3) is 0 Å². The summed E-state index contributed by atoms with van der Waals surface area (Å²) in [6, 6.07) is 27.1. The Labute approximate surface area is 140 Å². The lowest BCUT2D eigenvalue weighted by atomic mass is 9.93. The van der Waals surface area contributed by atoms with Gasteiger partial charge in [-0.15, -0.1) is 0 Å². The zero-order valence-electron chi connectivity index (χ0n) is 13.2. The van der Waals surface area contributed by atoms with E-state index < -0.39 is 0 Å². The van der Waals surface area contributed by atoms with Crippen LogP contribution >= 0.6 is 0 Å². The molecule has 0 atom stereocenters. The molecule has 1 aliphatic carbocycles. The van der Waals surface area contributed by atoms with Crippen LogP contribution in [-0.2, 0) is 6.42 Å². The van der Waals surface area contributed by atoms with Gasteiger partial charge in [0, 0.05) is 10.9 Å². The minimum absolute atomic E-state index is 0.373. The SMILES string of the molecule is Oc1c(-c2cccc3c2Cc2ccccc2-3)ccc2ccccc12. The molecule has 5 rings (SSSR count). The largest absolute Gasteiger partial charge is 0.507 e. The molecule has 0 bridgehead atoms. The summed E-state index contributed by atoms with van der Waals surface area (Å²) < 4.78 is 0. The highest BCUT2D eigenvalue weighted by Crippen LogP contribution is 2.44.